The molecule has 0 aliphatic heterocycles. The van der Waals surface area contributed by atoms with E-state index in [1.807, 2.05) is 0 Å². The minimum atomic E-state index is -0.312. The van der Waals surface area contributed by atoms with Crippen molar-refractivity contribution in [3.05, 3.63) is 11.6 Å². The average Bonchev–Trinajstić information content (AvgIpc) is 3.18. The zero-order valence-corrected chi connectivity index (χ0v) is 23.1. The molecule has 0 aromatic carbocycles. The Bertz CT molecular complexity index is 805. The molecule has 4 rings (SSSR count). The van der Waals surface area contributed by atoms with Crippen LogP contribution in [0.5, 0.6) is 0 Å². The second-order valence-electron chi connectivity index (χ2n) is 13.6. The number of rotatable bonds is 9. The third-order valence-electron chi connectivity index (χ3n) is 11.4. The summed E-state index contributed by atoms with van der Waals surface area (Å²) in [6.07, 6.45) is 17.1. The van der Waals surface area contributed by atoms with E-state index in [9.17, 15) is 14.8 Å². The summed E-state index contributed by atoms with van der Waals surface area (Å²) in [4.78, 5) is 23.0. The molecule has 0 saturated heterocycles. The highest BCUT2D eigenvalue weighted by atomic mass is 16.5. The Labute approximate surface area is 214 Å². The Morgan fingerprint density at radius 1 is 1.11 bits per heavy atom. The maximum atomic E-state index is 12.3. The van der Waals surface area contributed by atoms with Gasteiger partial charge in [-0.15, -0.1) is 0 Å². The van der Waals surface area contributed by atoms with Crippen molar-refractivity contribution in [2.24, 2.45) is 46.3 Å². The van der Waals surface area contributed by atoms with Gasteiger partial charge >= 0.3 is 0 Å². The molecule has 4 heteroatoms. The van der Waals surface area contributed by atoms with Gasteiger partial charge in [0.1, 0.15) is 6.29 Å². The molecule has 35 heavy (non-hydrogen) atoms. The molecule has 0 aromatic heterocycles. The van der Waals surface area contributed by atoms with Crippen LogP contribution in [-0.4, -0.2) is 28.5 Å². The van der Waals surface area contributed by atoms with Gasteiger partial charge in [-0.25, -0.2) is 5.06 Å². The van der Waals surface area contributed by atoms with E-state index in [4.69, 9.17) is 0 Å². The first-order chi connectivity index (χ1) is 16.6. The van der Waals surface area contributed by atoms with E-state index in [1.165, 1.54) is 56.9 Å². The Morgan fingerprint density at radius 2 is 1.89 bits per heavy atom. The topological polar surface area (TPSA) is 57.6 Å². The van der Waals surface area contributed by atoms with Crippen LogP contribution in [0.4, 0.5) is 0 Å². The summed E-state index contributed by atoms with van der Waals surface area (Å²) in [5.41, 5.74) is 2.20. The van der Waals surface area contributed by atoms with E-state index >= 15 is 0 Å². The van der Waals surface area contributed by atoms with Gasteiger partial charge in [-0.3, -0.25) is 10.0 Å². The number of carbonyl (C=O) groups is 2. The Kier molecular flexibility index (Phi) is 8.20. The van der Waals surface area contributed by atoms with Crippen molar-refractivity contribution in [1.82, 2.24) is 5.06 Å². The van der Waals surface area contributed by atoms with Gasteiger partial charge in [0.15, 0.2) is 0 Å². The number of hydrogen-bond acceptors (Lipinski definition) is 3. The summed E-state index contributed by atoms with van der Waals surface area (Å²) >= 11 is 0. The zero-order valence-electron chi connectivity index (χ0n) is 23.1. The van der Waals surface area contributed by atoms with Crippen LogP contribution < -0.4 is 0 Å². The molecule has 0 spiro atoms. The molecule has 3 fully saturated rings. The highest BCUT2D eigenvalue weighted by Gasteiger charge is 2.59. The molecule has 0 heterocycles. The summed E-state index contributed by atoms with van der Waals surface area (Å²) in [5, 5.41) is 11.5. The molecule has 1 amide bonds. The van der Waals surface area contributed by atoms with Gasteiger partial charge in [-0.2, -0.15) is 0 Å². The van der Waals surface area contributed by atoms with Crippen LogP contribution in [0.3, 0.4) is 0 Å². The molecule has 3 saturated carbocycles. The fraction of sp³-hybridized carbons (Fsp3) is 0.871. The normalized spacial score (nSPS) is 39.3. The SMILES string of the molecule is CC(C)CCC[C@@H](C)[C@H]1CCC2C3CC=C4C[C@@H](N(O)C(=O)CCC=O)CC[C@]4(C)C3CC[C@@]21C. The molecule has 0 aromatic rings. The zero-order chi connectivity index (χ0) is 25.4. The van der Waals surface area contributed by atoms with Crippen molar-refractivity contribution in [3.8, 4) is 0 Å². The average molecular weight is 486 g/mol. The number of hydrogen-bond donors (Lipinski definition) is 1. The van der Waals surface area contributed by atoms with Gasteiger partial charge < -0.3 is 4.79 Å². The number of hydroxylamine groups is 2. The molecule has 8 atom stereocenters. The maximum Gasteiger partial charge on any atom is 0.246 e. The van der Waals surface area contributed by atoms with Gasteiger partial charge in [0, 0.05) is 12.8 Å². The summed E-state index contributed by atoms with van der Waals surface area (Å²) in [6, 6.07) is -0.138. The lowest BCUT2D eigenvalue weighted by Crippen LogP contribution is -2.52. The number of nitrogens with zero attached hydrogens (tertiary/aromatic N) is 1. The van der Waals surface area contributed by atoms with Gasteiger partial charge in [0.05, 0.1) is 6.04 Å². The summed E-state index contributed by atoms with van der Waals surface area (Å²) in [6.45, 7) is 12.4. The molecule has 4 nitrogen and oxygen atoms in total. The fourth-order valence-electron chi connectivity index (χ4n) is 9.38. The molecule has 0 bridgehead atoms. The van der Waals surface area contributed by atoms with Crippen molar-refractivity contribution in [3.63, 3.8) is 0 Å². The minimum Gasteiger partial charge on any atom is -0.303 e. The fourth-order valence-corrected chi connectivity index (χ4v) is 9.38. The van der Waals surface area contributed by atoms with Crippen LogP contribution in [0.1, 0.15) is 118 Å². The summed E-state index contributed by atoms with van der Waals surface area (Å²) in [5.74, 6) is 4.62. The van der Waals surface area contributed by atoms with Crippen LogP contribution >= 0.6 is 0 Å². The largest absolute Gasteiger partial charge is 0.303 e. The predicted octanol–water partition coefficient (Wildman–Crippen LogP) is 7.59. The second kappa shape index (κ2) is 10.7. The third kappa shape index (κ3) is 5.03. The first-order valence-electron chi connectivity index (χ1n) is 14.8. The molecular weight excluding hydrogens is 434 g/mol. The molecule has 198 valence electrons. The lowest BCUT2D eigenvalue weighted by atomic mass is 9.47. The summed E-state index contributed by atoms with van der Waals surface area (Å²) < 4.78 is 0. The third-order valence-corrected chi connectivity index (χ3v) is 11.4. The highest BCUT2D eigenvalue weighted by Crippen LogP contribution is 2.67. The van der Waals surface area contributed by atoms with Crippen molar-refractivity contribution in [1.29, 1.82) is 0 Å². The van der Waals surface area contributed by atoms with Gasteiger partial charge in [0.25, 0.3) is 0 Å². The van der Waals surface area contributed by atoms with Gasteiger partial charge in [-0.05, 0) is 97.7 Å². The monoisotopic (exact) mass is 485 g/mol. The number of fused-ring (bicyclic) bond motifs is 5. The van der Waals surface area contributed by atoms with Crippen LogP contribution in [0, 0.1) is 46.3 Å². The smallest absolute Gasteiger partial charge is 0.246 e. The van der Waals surface area contributed by atoms with Crippen LogP contribution in [0.15, 0.2) is 11.6 Å². The number of amides is 1. The van der Waals surface area contributed by atoms with Crippen LogP contribution in [0.25, 0.3) is 0 Å². The van der Waals surface area contributed by atoms with E-state index < -0.39 is 0 Å². The van der Waals surface area contributed by atoms with Gasteiger partial charge in [0.2, 0.25) is 5.91 Å². The minimum absolute atomic E-state index is 0.106. The standard InChI is InChI=1S/C31H51NO3/c1-21(2)8-6-9-22(3)26-13-14-27-25-12-11-23-20-24(32(35)29(34)10-7-19-33)15-17-30(23,4)28(25)16-18-31(26,27)5/h11,19,21-22,24-28,35H,6-10,12-18,20H2,1-5H3/t22-,24+,25?,26-,27?,28?,30+,31-/m1/s1. The Balaban J connectivity index is 1.44. The molecular formula is C31H51NO3. The van der Waals surface area contributed by atoms with Crippen molar-refractivity contribution >= 4 is 12.2 Å². The summed E-state index contributed by atoms with van der Waals surface area (Å²) in [7, 11) is 0. The van der Waals surface area contributed by atoms with E-state index in [1.54, 1.807) is 0 Å². The van der Waals surface area contributed by atoms with E-state index in [0.29, 0.717) is 5.41 Å². The highest BCUT2D eigenvalue weighted by molar-refractivity contribution is 5.77. The second-order valence-corrected chi connectivity index (χ2v) is 13.6. The Hall–Kier alpha value is -1.16. The van der Waals surface area contributed by atoms with Gasteiger partial charge in [-0.1, -0.05) is 65.5 Å². The lowest BCUT2D eigenvalue weighted by Gasteiger charge is -2.58. The molecule has 1 N–H and O–H groups in total. The lowest BCUT2D eigenvalue weighted by molar-refractivity contribution is -0.180. The molecule has 0 radical (unpaired) electrons. The molecule has 3 unspecified atom stereocenters. The first-order valence-corrected chi connectivity index (χ1v) is 14.8. The van der Waals surface area contributed by atoms with Crippen LogP contribution in [-0.2, 0) is 9.59 Å². The van der Waals surface area contributed by atoms with Crippen molar-refractivity contribution in [2.75, 3.05) is 0 Å². The van der Waals surface area contributed by atoms with E-state index in [-0.39, 0.29) is 30.2 Å². The Morgan fingerprint density at radius 3 is 2.60 bits per heavy atom. The van der Waals surface area contributed by atoms with Crippen LogP contribution in [0.2, 0.25) is 0 Å². The predicted molar refractivity (Wildman–Crippen MR) is 141 cm³/mol. The number of carbonyl (C=O) groups excluding carboxylic acids is 2. The number of allylic oxidation sites excluding steroid dienone is 1. The number of aldehydes is 1. The quantitative estimate of drug-likeness (QED) is 0.158. The van der Waals surface area contributed by atoms with E-state index in [2.05, 4.69) is 40.7 Å². The molecule has 4 aliphatic carbocycles. The maximum absolute atomic E-state index is 12.3. The molecule has 4 aliphatic rings. The van der Waals surface area contributed by atoms with Crippen molar-refractivity contribution < 1.29 is 14.8 Å². The van der Waals surface area contributed by atoms with E-state index in [0.717, 1.165) is 66.1 Å². The van der Waals surface area contributed by atoms with Crippen molar-refractivity contribution in [2.45, 2.75) is 124 Å². The first kappa shape index (κ1) is 26.9.